The fourth-order valence-electron chi connectivity index (χ4n) is 2.58. The first-order valence-corrected chi connectivity index (χ1v) is 13.1. The minimum Gasteiger partial charge on any atom is -0.450 e. The van der Waals surface area contributed by atoms with E-state index in [4.69, 9.17) is 10.9 Å². The maximum absolute atomic E-state index is 13.3. The Morgan fingerprint density at radius 2 is 1.73 bits per heavy atom. The Kier molecular flexibility index (Phi) is 8.62. The van der Waals surface area contributed by atoms with Crippen molar-refractivity contribution in [1.82, 2.24) is 0 Å². The van der Waals surface area contributed by atoms with Crippen molar-refractivity contribution in [2.75, 3.05) is 17.7 Å². The number of sulfonamides is 1. The summed E-state index contributed by atoms with van der Waals surface area (Å²) in [5, 5.41) is 7.63. The number of primary sulfonamides is 1. The maximum atomic E-state index is 13.3. The molecule has 2 aromatic rings. The summed E-state index contributed by atoms with van der Waals surface area (Å²) in [5.41, 5.74) is -1.26. The average molecular weight is 528 g/mol. The van der Waals surface area contributed by atoms with Gasteiger partial charge in [0.1, 0.15) is 4.90 Å². The van der Waals surface area contributed by atoms with E-state index in [2.05, 4.69) is 10.1 Å². The SMILES string of the molecule is NC(=O)OCCC(CSc1ccccc1)Nc1ccc(S(N)(=O)=O)cc1S(=O)(=O)C(F)(F)F. The molecule has 182 valence electrons. The molecule has 33 heavy (non-hydrogen) atoms. The highest BCUT2D eigenvalue weighted by atomic mass is 32.2. The van der Waals surface area contributed by atoms with Crippen molar-refractivity contribution in [3.8, 4) is 0 Å². The average Bonchev–Trinajstić information content (AvgIpc) is 2.71. The van der Waals surface area contributed by atoms with Crippen LogP contribution in [-0.2, 0) is 24.6 Å². The standard InChI is InChI=1S/C18H20F3N3O6S3/c19-18(20,21)32(26,27)16-10-14(33(23,28)29)6-7-15(16)24-12(8-9-30-17(22)25)11-31-13-4-2-1-3-5-13/h1-7,10,12,24H,8-9,11H2,(H2,22,25)(H2,23,28,29). The Hall–Kier alpha value is -2.49. The molecule has 2 rings (SSSR count). The molecule has 0 saturated carbocycles. The molecule has 1 amide bonds. The normalized spacial score (nSPS) is 13.3. The summed E-state index contributed by atoms with van der Waals surface area (Å²) in [5.74, 6) is 0.231. The largest absolute Gasteiger partial charge is 0.501 e. The van der Waals surface area contributed by atoms with Crippen LogP contribution in [0.4, 0.5) is 23.7 Å². The number of benzene rings is 2. The van der Waals surface area contributed by atoms with Crippen LogP contribution in [-0.4, -0.2) is 46.8 Å². The predicted molar refractivity (Wildman–Crippen MR) is 116 cm³/mol. The van der Waals surface area contributed by atoms with Crippen molar-refractivity contribution in [3.63, 3.8) is 0 Å². The van der Waals surface area contributed by atoms with Crippen molar-refractivity contribution in [1.29, 1.82) is 0 Å². The number of hydrogen-bond donors (Lipinski definition) is 3. The number of halogens is 3. The minimum absolute atomic E-state index is 0.0607. The second kappa shape index (κ2) is 10.6. The van der Waals surface area contributed by atoms with Gasteiger partial charge < -0.3 is 15.8 Å². The number of hydrogen-bond acceptors (Lipinski definition) is 8. The second-order valence-electron chi connectivity index (χ2n) is 6.57. The number of carbonyl (C=O) groups is 1. The van der Waals surface area contributed by atoms with Crippen molar-refractivity contribution >= 4 is 43.4 Å². The Balaban J connectivity index is 2.42. The number of rotatable bonds is 10. The predicted octanol–water partition coefficient (Wildman–Crippen LogP) is 2.69. The smallest absolute Gasteiger partial charge is 0.450 e. The molecule has 0 aliphatic rings. The highest BCUT2D eigenvalue weighted by Crippen LogP contribution is 2.36. The molecule has 15 heteroatoms. The second-order valence-corrected chi connectivity index (χ2v) is 11.1. The van der Waals surface area contributed by atoms with E-state index in [1.165, 1.54) is 11.8 Å². The highest BCUT2D eigenvalue weighted by Gasteiger charge is 2.48. The van der Waals surface area contributed by atoms with Gasteiger partial charge in [0, 0.05) is 23.1 Å². The summed E-state index contributed by atoms with van der Waals surface area (Å²) >= 11 is 1.31. The number of primary amides is 1. The van der Waals surface area contributed by atoms with Crippen LogP contribution in [0.1, 0.15) is 6.42 Å². The first kappa shape index (κ1) is 26.8. The Morgan fingerprint density at radius 3 is 2.27 bits per heavy atom. The van der Waals surface area contributed by atoms with E-state index in [0.717, 1.165) is 17.0 Å². The third kappa shape index (κ3) is 7.52. The van der Waals surface area contributed by atoms with Gasteiger partial charge >= 0.3 is 11.6 Å². The van der Waals surface area contributed by atoms with Gasteiger partial charge in [0.05, 0.1) is 17.2 Å². The third-order valence-electron chi connectivity index (χ3n) is 4.14. The van der Waals surface area contributed by atoms with Gasteiger partial charge in [-0.2, -0.15) is 13.2 Å². The van der Waals surface area contributed by atoms with Gasteiger partial charge in [-0.1, -0.05) is 18.2 Å². The first-order chi connectivity index (χ1) is 15.2. The number of ether oxygens (including phenoxy) is 1. The third-order valence-corrected chi connectivity index (χ3v) is 7.75. The molecule has 0 spiro atoms. The summed E-state index contributed by atoms with van der Waals surface area (Å²) in [6.07, 6.45) is -0.993. The fourth-order valence-corrected chi connectivity index (χ4v) is 5.13. The molecule has 0 aliphatic heterocycles. The molecule has 5 N–H and O–H groups in total. The summed E-state index contributed by atoms with van der Waals surface area (Å²) in [6, 6.07) is 10.4. The monoisotopic (exact) mass is 527 g/mol. The molecule has 0 aliphatic carbocycles. The van der Waals surface area contributed by atoms with Crippen molar-refractivity contribution < 1.29 is 39.5 Å². The van der Waals surface area contributed by atoms with E-state index in [0.29, 0.717) is 6.07 Å². The summed E-state index contributed by atoms with van der Waals surface area (Å²) in [7, 11) is -10.4. The van der Waals surface area contributed by atoms with Crippen LogP contribution in [0.3, 0.4) is 0 Å². The summed E-state index contributed by atoms with van der Waals surface area (Å²) in [6.45, 7) is -0.195. The van der Waals surface area contributed by atoms with Crippen LogP contribution in [0.2, 0.25) is 0 Å². The van der Waals surface area contributed by atoms with Crippen molar-refractivity contribution in [2.24, 2.45) is 10.9 Å². The van der Waals surface area contributed by atoms with Crippen LogP contribution in [0, 0.1) is 0 Å². The number of amides is 1. The lowest BCUT2D eigenvalue weighted by atomic mass is 10.2. The Morgan fingerprint density at radius 1 is 1.09 bits per heavy atom. The number of alkyl halides is 3. The zero-order valence-electron chi connectivity index (χ0n) is 16.8. The molecule has 1 atom stereocenters. The molecule has 0 radical (unpaired) electrons. The number of nitrogens with one attached hydrogen (secondary N) is 1. The van der Waals surface area contributed by atoms with E-state index in [1.54, 1.807) is 30.3 Å². The van der Waals surface area contributed by atoms with Crippen molar-refractivity contribution in [3.05, 3.63) is 48.5 Å². The van der Waals surface area contributed by atoms with E-state index in [-0.39, 0.29) is 18.8 Å². The molecule has 9 nitrogen and oxygen atoms in total. The molecule has 2 aromatic carbocycles. The topological polar surface area (TPSA) is 159 Å². The molecule has 0 fully saturated rings. The van der Waals surface area contributed by atoms with Gasteiger partial charge in [-0.15, -0.1) is 11.8 Å². The van der Waals surface area contributed by atoms with Gasteiger partial charge in [0.25, 0.3) is 9.84 Å². The quantitative estimate of drug-likeness (QED) is 0.398. The maximum Gasteiger partial charge on any atom is 0.501 e. The molecule has 0 bridgehead atoms. The van der Waals surface area contributed by atoms with Crippen LogP contribution < -0.4 is 16.2 Å². The van der Waals surface area contributed by atoms with Crippen LogP contribution in [0.25, 0.3) is 0 Å². The lowest BCUT2D eigenvalue weighted by Gasteiger charge is -2.22. The van der Waals surface area contributed by atoms with E-state index in [1.807, 2.05) is 0 Å². The van der Waals surface area contributed by atoms with Gasteiger partial charge in [-0.05, 0) is 30.3 Å². The summed E-state index contributed by atoms with van der Waals surface area (Å²) in [4.78, 5) is 9.57. The zero-order chi connectivity index (χ0) is 24.9. The molecule has 0 heterocycles. The number of anilines is 1. The summed E-state index contributed by atoms with van der Waals surface area (Å²) < 4.78 is 91.8. The van der Waals surface area contributed by atoms with E-state index < -0.39 is 53.0 Å². The fraction of sp³-hybridized carbons (Fsp3) is 0.278. The molecule has 0 saturated heterocycles. The Bertz CT molecular complexity index is 1190. The van der Waals surface area contributed by atoms with Crippen LogP contribution in [0.5, 0.6) is 0 Å². The molecule has 0 aromatic heterocycles. The number of nitrogens with two attached hydrogens (primary N) is 2. The molecule has 1 unspecified atom stereocenters. The lowest BCUT2D eigenvalue weighted by Crippen LogP contribution is -2.29. The Labute approximate surface area is 192 Å². The number of carbonyl (C=O) groups excluding carboxylic acids is 1. The van der Waals surface area contributed by atoms with E-state index in [9.17, 15) is 34.8 Å². The van der Waals surface area contributed by atoms with Crippen LogP contribution >= 0.6 is 11.8 Å². The van der Waals surface area contributed by atoms with Gasteiger partial charge in [0.2, 0.25) is 10.0 Å². The van der Waals surface area contributed by atoms with E-state index >= 15 is 0 Å². The lowest BCUT2D eigenvalue weighted by molar-refractivity contribution is -0.0435. The van der Waals surface area contributed by atoms with Gasteiger partial charge in [-0.25, -0.2) is 26.8 Å². The zero-order valence-corrected chi connectivity index (χ0v) is 19.2. The minimum atomic E-state index is -5.93. The molecular formula is C18H20F3N3O6S3. The molecular weight excluding hydrogens is 507 g/mol. The van der Waals surface area contributed by atoms with Gasteiger partial charge in [0.15, 0.2) is 0 Å². The van der Waals surface area contributed by atoms with Crippen molar-refractivity contribution in [2.45, 2.75) is 32.7 Å². The number of sulfone groups is 1. The number of thioether (sulfide) groups is 1. The first-order valence-electron chi connectivity index (χ1n) is 9.06. The highest BCUT2D eigenvalue weighted by molar-refractivity contribution is 7.99. The van der Waals surface area contributed by atoms with Crippen LogP contribution in [0.15, 0.2) is 63.2 Å². The van der Waals surface area contributed by atoms with Gasteiger partial charge in [-0.3, -0.25) is 0 Å².